The molecule has 0 fully saturated rings. The van der Waals surface area contributed by atoms with Crippen LogP contribution in [0.3, 0.4) is 0 Å². The fourth-order valence-electron chi connectivity index (χ4n) is 1.42. The lowest BCUT2D eigenvalue weighted by Crippen LogP contribution is -2.39. The molecule has 1 rings (SSSR count). The van der Waals surface area contributed by atoms with Gasteiger partial charge in [0, 0.05) is 0 Å². The van der Waals surface area contributed by atoms with Gasteiger partial charge in [0.2, 0.25) is 15.9 Å². The maximum absolute atomic E-state index is 11.9. The van der Waals surface area contributed by atoms with Crippen LogP contribution in [0.5, 0.6) is 0 Å². The normalized spacial score (nSPS) is 13.1. The molecule has 8 heteroatoms. The van der Waals surface area contributed by atoms with E-state index in [0.29, 0.717) is 16.4 Å². The lowest BCUT2D eigenvalue weighted by Gasteiger charge is -2.16. The van der Waals surface area contributed by atoms with Crippen molar-refractivity contribution in [2.45, 2.75) is 19.9 Å². The monoisotopic (exact) mass is 319 g/mol. The number of carbonyl (C=O) groups is 1. The minimum absolute atomic E-state index is 0.0221. The van der Waals surface area contributed by atoms with Gasteiger partial charge in [0.15, 0.2) is 0 Å². The Balaban J connectivity index is 2.95. The molecule has 0 saturated heterocycles. The molecule has 6 nitrogen and oxygen atoms in total. The summed E-state index contributed by atoms with van der Waals surface area (Å²) in [6.45, 7) is 3.65. The van der Waals surface area contributed by atoms with E-state index in [1.54, 1.807) is 0 Å². The molecule has 4 N–H and O–H groups in total. The van der Waals surface area contributed by atoms with Crippen LogP contribution in [-0.4, -0.2) is 26.6 Å². The summed E-state index contributed by atoms with van der Waals surface area (Å²) < 4.78 is 24.6. The molecule has 1 aromatic rings. The fraction of sp³-hybridized carbons (Fsp3) is 0.417. The SMILES string of the molecule is CC(C)C(N)C(=O)Nc1cc(NS(C)(=O)=O)ccc1Cl. The van der Waals surface area contributed by atoms with Crippen molar-refractivity contribution in [2.75, 3.05) is 16.3 Å². The molecule has 0 aliphatic carbocycles. The van der Waals surface area contributed by atoms with Gasteiger partial charge >= 0.3 is 0 Å². The molecule has 0 aromatic heterocycles. The average Bonchev–Trinajstić information content (AvgIpc) is 2.30. The van der Waals surface area contributed by atoms with Crippen molar-refractivity contribution in [3.8, 4) is 0 Å². The molecule has 112 valence electrons. The van der Waals surface area contributed by atoms with Crippen LogP contribution in [0.2, 0.25) is 5.02 Å². The largest absolute Gasteiger partial charge is 0.323 e. The van der Waals surface area contributed by atoms with Crippen LogP contribution in [0.25, 0.3) is 0 Å². The zero-order valence-corrected chi connectivity index (χ0v) is 13.0. The zero-order chi connectivity index (χ0) is 15.5. The molecule has 0 heterocycles. The number of rotatable bonds is 5. The predicted molar refractivity (Wildman–Crippen MR) is 81.4 cm³/mol. The molecule has 0 bridgehead atoms. The highest BCUT2D eigenvalue weighted by Crippen LogP contribution is 2.26. The Bertz CT molecular complexity index is 602. The summed E-state index contributed by atoms with van der Waals surface area (Å²) in [7, 11) is -3.40. The van der Waals surface area contributed by atoms with E-state index in [9.17, 15) is 13.2 Å². The van der Waals surface area contributed by atoms with Crippen molar-refractivity contribution in [3.05, 3.63) is 23.2 Å². The van der Waals surface area contributed by atoms with Gasteiger partial charge in [-0.1, -0.05) is 25.4 Å². The third-order valence-electron chi connectivity index (χ3n) is 2.55. The maximum Gasteiger partial charge on any atom is 0.241 e. The van der Waals surface area contributed by atoms with Gasteiger partial charge in [-0.3, -0.25) is 9.52 Å². The second kappa shape index (κ2) is 6.43. The van der Waals surface area contributed by atoms with Crippen molar-refractivity contribution in [2.24, 2.45) is 11.7 Å². The first kappa shape index (κ1) is 16.7. The summed E-state index contributed by atoms with van der Waals surface area (Å²) in [5, 5.41) is 2.89. The van der Waals surface area contributed by atoms with E-state index in [0.717, 1.165) is 6.26 Å². The third kappa shape index (κ3) is 4.99. The highest BCUT2D eigenvalue weighted by Gasteiger charge is 2.18. The smallest absolute Gasteiger partial charge is 0.241 e. The number of halogens is 1. The van der Waals surface area contributed by atoms with Gasteiger partial charge in [-0.05, 0) is 24.1 Å². The number of carbonyl (C=O) groups excluding carboxylic acids is 1. The second-order valence-corrected chi connectivity index (χ2v) is 6.98. The summed E-state index contributed by atoms with van der Waals surface area (Å²) in [4.78, 5) is 11.9. The number of hydrogen-bond donors (Lipinski definition) is 3. The van der Waals surface area contributed by atoms with Crippen molar-refractivity contribution >= 4 is 38.9 Å². The number of nitrogens with two attached hydrogens (primary N) is 1. The zero-order valence-electron chi connectivity index (χ0n) is 11.5. The summed E-state index contributed by atoms with van der Waals surface area (Å²) in [6, 6.07) is 3.76. The number of hydrogen-bond acceptors (Lipinski definition) is 4. The van der Waals surface area contributed by atoms with Crippen molar-refractivity contribution in [1.82, 2.24) is 0 Å². The van der Waals surface area contributed by atoms with Gasteiger partial charge in [-0.15, -0.1) is 0 Å². The predicted octanol–water partition coefficient (Wildman–Crippen LogP) is 1.63. The molecule has 0 aliphatic heterocycles. The lowest BCUT2D eigenvalue weighted by atomic mass is 10.0. The first-order chi connectivity index (χ1) is 9.10. The first-order valence-corrected chi connectivity index (χ1v) is 8.21. The molecule has 0 radical (unpaired) electrons. The van der Waals surface area contributed by atoms with Crippen molar-refractivity contribution in [3.63, 3.8) is 0 Å². The Morgan fingerprint density at radius 1 is 1.35 bits per heavy atom. The molecule has 1 unspecified atom stereocenters. The van der Waals surface area contributed by atoms with E-state index in [4.69, 9.17) is 17.3 Å². The van der Waals surface area contributed by atoms with Crippen LogP contribution in [0.4, 0.5) is 11.4 Å². The van der Waals surface area contributed by atoms with Crippen LogP contribution in [-0.2, 0) is 14.8 Å². The van der Waals surface area contributed by atoms with Crippen LogP contribution < -0.4 is 15.8 Å². The number of amides is 1. The highest BCUT2D eigenvalue weighted by molar-refractivity contribution is 7.92. The Morgan fingerprint density at radius 3 is 2.45 bits per heavy atom. The maximum atomic E-state index is 11.9. The van der Waals surface area contributed by atoms with Gasteiger partial charge in [-0.2, -0.15) is 0 Å². The Hall–Kier alpha value is -1.31. The molecule has 20 heavy (non-hydrogen) atoms. The standard InChI is InChI=1S/C12H18ClN3O3S/c1-7(2)11(14)12(17)15-10-6-8(4-5-9(10)13)16-20(3,18)19/h4-7,11,16H,14H2,1-3H3,(H,15,17). The number of benzene rings is 1. The third-order valence-corrected chi connectivity index (χ3v) is 3.48. The lowest BCUT2D eigenvalue weighted by molar-refractivity contribution is -0.118. The quantitative estimate of drug-likeness (QED) is 0.767. The number of anilines is 2. The molecule has 1 aromatic carbocycles. The molecular weight excluding hydrogens is 302 g/mol. The Kier molecular flexibility index (Phi) is 5.38. The molecule has 0 spiro atoms. The minimum Gasteiger partial charge on any atom is -0.323 e. The van der Waals surface area contributed by atoms with E-state index in [1.807, 2.05) is 13.8 Å². The van der Waals surface area contributed by atoms with E-state index in [-0.39, 0.29) is 11.8 Å². The molecule has 1 atom stereocenters. The summed E-state index contributed by atoms with van der Waals surface area (Å²) in [6.07, 6.45) is 1.04. The van der Waals surface area contributed by atoms with E-state index in [1.165, 1.54) is 18.2 Å². The molecule has 0 saturated carbocycles. The van der Waals surface area contributed by atoms with Gasteiger partial charge < -0.3 is 11.1 Å². The Morgan fingerprint density at radius 2 is 1.95 bits per heavy atom. The summed E-state index contributed by atoms with van der Waals surface area (Å²) in [5.74, 6) is -0.399. The number of sulfonamides is 1. The highest BCUT2D eigenvalue weighted by atomic mass is 35.5. The van der Waals surface area contributed by atoms with Crippen LogP contribution in [0, 0.1) is 5.92 Å². The molecule has 0 aliphatic rings. The van der Waals surface area contributed by atoms with Crippen LogP contribution in [0.1, 0.15) is 13.8 Å². The second-order valence-electron chi connectivity index (χ2n) is 4.83. The van der Waals surface area contributed by atoms with E-state index < -0.39 is 16.1 Å². The first-order valence-electron chi connectivity index (χ1n) is 5.94. The molecule has 1 amide bonds. The molecular formula is C12H18ClN3O3S. The van der Waals surface area contributed by atoms with Crippen LogP contribution >= 0.6 is 11.6 Å². The van der Waals surface area contributed by atoms with Crippen molar-refractivity contribution < 1.29 is 13.2 Å². The van der Waals surface area contributed by atoms with Crippen LogP contribution in [0.15, 0.2) is 18.2 Å². The van der Waals surface area contributed by atoms with Gasteiger partial charge in [0.05, 0.1) is 28.7 Å². The van der Waals surface area contributed by atoms with Gasteiger partial charge in [0.1, 0.15) is 0 Å². The van der Waals surface area contributed by atoms with Gasteiger partial charge in [-0.25, -0.2) is 8.42 Å². The van der Waals surface area contributed by atoms with Gasteiger partial charge in [0.25, 0.3) is 0 Å². The Labute approximate surface area is 123 Å². The van der Waals surface area contributed by atoms with E-state index >= 15 is 0 Å². The van der Waals surface area contributed by atoms with Crippen molar-refractivity contribution in [1.29, 1.82) is 0 Å². The minimum atomic E-state index is -3.40. The number of nitrogens with one attached hydrogen (secondary N) is 2. The summed E-state index contributed by atoms with van der Waals surface area (Å²) >= 11 is 5.96. The van der Waals surface area contributed by atoms with E-state index in [2.05, 4.69) is 10.0 Å². The summed E-state index contributed by atoms with van der Waals surface area (Å²) in [5.41, 5.74) is 6.35. The topological polar surface area (TPSA) is 101 Å². The fourth-order valence-corrected chi connectivity index (χ4v) is 2.14. The average molecular weight is 320 g/mol.